The summed E-state index contributed by atoms with van der Waals surface area (Å²) in [7, 11) is 0. The maximum absolute atomic E-state index is 6.04. The molecule has 2 aromatic heterocycles. The van der Waals surface area contributed by atoms with Gasteiger partial charge in [0.25, 0.3) is 0 Å². The molecule has 5 heteroatoms. The molecule has 0 aromatic carbocycles. The van der Waals surface area contributed by atoms with E-state index in [2.05, 4.69) is 15.2 Å². The van der Waals surface area contributed by atoms with Crippen LogP contribution in [0.2, 0.25) is 5.28 Å². The van der Waals surface area contributed by atoms with Gasteiger partial charge in [0.2, 0.25) is 5.28 Å². The molecule has 0 atom stereocenters. The van der Waals surface area contributed by atoms with E-state index < -0.39 is 0 Å². The van der Waals surface area contributed by atoms with Crippen molar-refractivity contribution in [1.29, 1.82) is 0 Å². The lowest BCUT2D eigenvalue weighted by Crippen LogP contribution is -2.04. The quantitative estimate of drug-likeness (QED) is 0.818. The number of halogens is 1. The first-order valence-electron chi connectivity index (χ1n) is 5.32. The highest BCUT2D eigenvalue weighted by Crippen LogP contribution is 2.39. The molecule has 1 saturated carbocycles. The third kappa shape index (κ3) is 1.80. The van der Waals surface area contributed by atoms with E-state index in [9.17, 15) is 0 Å². The molecule has 1 fully saturated rings. The fraction of sp³-hybridized carbons (Fsp3) is 0.364. The molecular formula is C11H11ClN4. The molecule has 0 amide bonds. The van der Waals surface area contributed by atoms with Crippen molar-refractivity contribution in [1.82, 2.24) is 19.7 Å². The summed E-state index contributed by atoms with van der Waals surface area (Å²) in [6.45, 7) is 0.722. The van der Waals surface area contributed by atoms with Crippen molar-refractivity contribution < 1.29 is 0 Å². The highest BCUT2D eigenvalue weighted by Gasteiger charge is 2.29. The Labute approximate surface area is 98.3 Å². The molecule has 1 aliphatic rings. The van der Waals surface area contributed by atoms with Gasteiger partial charge in [0.15, 0.2) is 0 Å². The van der Waals surface area contributed by atoms with Crippen LogP contribution in [0.4, 0.5) is 0 Å². The lowest BCUT2D eigenvalue weighted by atomic mass is 10.2. The third-order valence-corrected chi connectivity index (χ3v) is 3.05. The monoisotopic (exact) mass is 234 g/mol. The Morgan fingerprint density at radius 3 is 2.69 bits per heavy atom. The Morgan fingerprint density at radius 2 is 2.00 bits per heavy atom. The fourth-order valence-corrected chi connectivity index (χ4v) is 1.94. The van der Waals surface area contributed by atoms with E-state index in [-0.39, 0.29) is 0 Å². The molecule has 82 valence electrons. The first kappa shape index (κ1) is 9.78. The van der Waals surface area contributed by atoms with Crippen LogP contribution in [-0.4, -0.2) is 19.7 Å². The summed E-state index contributed by atoms with van der Waals surface area (Å²) in [5.74, 6) is 1.57. The molecule has 0 N–H and O–H groups in total. The van der Waals surface area contributed by atoms with Gasteiger partial charge in [0.05, 0.1) is 6.54 Å². The Morgan fingerprint density at radius 1 is 1.25 bits per heavy atom. The van der Waals surface area contributed by atoms with Crippen LogP contribution in [0.25, 0.3) is 0 Å². The zero-order valence-corrected chi connectivity index (χ0v) is 9.43. The van der Waals surface area contributed by atoms with E-state index in [0.29, 0.717) is 11.2 Å². The summed E-state index contributed by atoms with van der Waals surface area (Å²) in [4.78, 5) is 3.99. The summed E-state index contributed by atoms with van der Waals surface area (Å²) in [5.41, 5.74) is 1.17. The summed E-state index contributed by atoms with van der Waals surface area (Å²) in [5, 5.41) is 8.55. The van der Waals surface area contributed by atoms with Gasteiger partial charge in [-0.15, -0.1) is 10.2 Å². The van der Waals surface area contributed by atoms with Gasteiger partial charge >= 0.3 is 0 Å². The number of hydrogen-bond acceptors (Lipinski definition) is 3. The maximum Gasteiger partial charge on any atom is 0.225 e. The van der Waals surface area contributed by atoms with Gasteiger partial charge in [-0.1, -0.05) is 0 Å². The van der Waals surface area contributed by atoms with Crippen LogP contribution < -0.4 is 0 Å². The average molecular weight is 235 g/mol. The van der Waals surface area contributed by atoms with Crippen molar-refractivity contribution in [3.63, 3.8) is 0 Å². The third-order valence-electron chi connectivity index (χ3n) is 2.77. The molecule has 0 unspecified atom stereocenters. The summed E-state index contributed by atoms with van der Waals surface area (Å²) < 4.78 is 1.98. The van der Waals surface area contributed by atoms with Crippen molar-refractivity contribution in [2.45, 2.75) is 25.3 Å². The molecule has 2 heterocycles. The molecular weight excluding hydrogens is 224 g/mol. The lowest BCUT2D eigenvalue weighted by Gasteiger charge is -2.06. The predicted molar refractivity (Wildman–Crippen MR) is 60.3 cm³/mol. The normalized spacial score (nSPS) is 15.3. The van der Waals surface area contributed by atoms with Crippen LogP contribution in [0.15, 0.2) is 24.5 Å². The SMILES string of the molecule is Clc1nnc(C2CC2)n1Cc1ccncc1. The van der Waals surface area contributed by atoms with Crippen molar-refractivity contribution >= 4 is 11.6 Å². The Bertz CT molecular complexity index is 490. The zero-order chi connectivity index (χ0) is 11.0. The summed E-state index contributed by atoms with van der Waals surface area (Å²) in [6.07, 6.45) is 5.96. The van der Waals surface area contributed by atoms with E-state index in [1.807, 2.05) is 16.7 Å². The molecule has 3 rings (SSSR count). The minimum Gasteiger partial charge on any atom is -0.297 e. The van der Waals surface area contributed by atoms with Crippen LogP contribution >= 0.6 is 11.6 Å². The predicted octanol–water partition coefficient (Wildman–Crippen LogP) is 2.25. The fourth-order valence-electron chi connectivity index (χ4n) is 1.76. The highest BCUT2D eigenvalue weighted by atomic mass is 35.5. The van der Waals surface area contributed by atoms with E-state index >= 15 is 0 Å². The molecule has 16 heavy (non-hydrogen) atoms. The van der Waals surface area contributed by atoms with E-state index in [4.69, 9.17) is 11.6 Å². The largest absolute Gasteiger partial charge is 0.297 e. The van der Waals surface area contributed by atoms with E-state index in [0.717, 1.165) is 12.4 Å². The van der Waals surface area contributed by atoms with Gasteiger partial charge in [-0.2, -0.15) is 0 Å². The first-order chi connectivity index (χ1) is 7.84. The average Bonchev–Trinajstić information content (AvgIpc) is 3.08. The van der Waals surface area contributed by atoms with Gasteiger partial charge in [-0.05, 0) is 42.1 Å². The molecule has 0 bridgehead atoms. The van der Waals surface area contributed by atoms with Crippen LogP contribution in [0.3, 0.4) is 0 Å². The van der Waals surface area contributed by atoms with Crippen molar-refractivity contribution in [3.8, 4) is 0 Å². The number of aromatic nitrogens is 4. The lowest BCUT2D eigenvalue weighted by molar-refractivity contribution is 0.726. The van der Waals surface area contributed by atoms with E-state index in [1.54, 1.807) is 12.4 Å². The second-order valence-corrected chi connectivity index (χ2v) is 4.38. The summed E-state index contributed by atoms with van der Waals surface area (Å²) in [6, 6.07) is 3.96. The molecule has 0 radical (unpaired) electrons. The van der Waals surface area contributed by atoms with Crippen LogP contribution in [0.5, 0.6) is 0 Å². The maximum atomic E-state index is 6.04. The standard InChI is InChI=1S/C11H11ClN4/c12-11-15-14-10(9-1-2-9)16(11)7-8-3-5-13-6-4-8/h3-6,9H,1-2,7H2. The molecule has 0 aliphatic heterocycles. The number of pyridine rings is 1. The first-order valence-corrected chi connectivity index (χ1v) is 5.70. The van der Waals surface area contributed by atoms with Crippen molar-refractivity contribution in [2.75, 3.05) is 0 Å². The molecule has 0 spiro atoms. The van der Waals surface area contributed by atoms with Gasteiger partial charge in [0.1, 0.15) is 5.82 Å². The minimum atomic E-state index is 0.471. The van der Waals surface area contributed by atoms with Crippen molar-refractivity contribution in [3.05, 3.63) is 41.2 Å². The second-order valence-electron chi connectivity index (χ2n) is 4.04. The minimum absolute atomic E-state index is 0.471. The van der Waals surface area contributed by atoms with Crippen LogP contribution in [-0.2, 0) is 6.54 Å². The van der Waals surface area contributed by atoms with Gasteiger partial charge < -0.3 is 0 Å². The smallest absolute Gasteiger partial charge is 0.225 e. The van der Waals surface area contributed by atoms with Crippen molar-refractivity contribution in [2.24, 2.45) is 0 Å². The Kier molecular flexibility index (Phi) is 2.36. The van der Waals surface area contributed by atoms with Crippen LogP contribution in [0, 0.1) is 0 Å². The Balaban J connectivity index is 1.91. The summed E-state index contributed by atoms with van der Waals surface area (Å²) >= 11 is 6.04. The molecule has 4 nitrogen and oxygen atoms in total. The highest BCUT2D eigenvalue weighted by molar-refractivity contribution is 6.28. The molecule has 1 aliphatic carbocycles. The van der Waals surface area contributed by atoms with Crippen LogP contribution in [0.1, 0.15) is 30.1 Å². The Hall–Kier alpha value is -1.42. The number of rotatable bonds is 3. The second kappa shape index (κ2) is 3.87. The molecule has 0 saturated heterocycles. The molecule has 2 aromatic rings. The van der Waals surface area contributed by atoms with Gasteiger partial charge in [0, 0.05) is 18.3 Å². The number of hydrogen-bond donors (Lipinski definition) is 0. The zero-order valence-electron chi connectivity index (χ0n) is 8.67. The topological polar surface area (TPSA) is 43.6 Å². The van der Waals surface area contributed by atoms with Gasteiger partial charge in [-0.3, -0.25) is 9.55 Å². The van der Waals surface area contributed by atoms with Gasteiger partial charge in [-0.25, -0.2) is 0 Å². The van der Waals surface area contributed by atoms with E-state index in [1.165, 1.54) is 18.4 Å². The number of nitrogens with zero attached hydrogens (tertiary/aromatic N) is 4.